The van der Waals surface area contributed by atoms with Gasteiger partial charge in [0.25, 0.3) is 6.01 Å². The van der Waals surface area contributed by atoms with Gasteiger partial charge in [-0.3, -0.25) is 0 Å². The maximum atomic E-state index is 8.22. The Bertz CT molecular complexity index is 258. The largest absolute Gasteiger partial charge is 0.406 e. The summed E-state index contributed by atoms with van der Waals surface area (Å²) in [5.74, 6) is -0.0324. The zero-order valence-electron chi connectivity index (χ0n) is 4.46. The van der Waals surface area contributed by atoms with Gasteiger partial charge in [0.2, 0.25) is 11.6 Å². The predicted octanol–water partition coefficient (Wildman–Crippen LogP) is -0.289. The van der Waals surface area contributed by atoms with Gasteiger partial charge in [-0.05, 0) is 0 Å². The lowest BCUT2D eigenvalue weighted by atomic mass is 10.5. The number of nitrogen functional groups attached to an aromatic ring is 2. The molecule has 1 heterocycles. The van der Waals surface area contributed by atoms with Crippen LogP contribution in [0.5, 0.6) is 0 Å². The van der Waals surface area contributed by atoms with Crippen LogP contribution in [0, 0.1) is 11.3 Å². The Hall–Kier alpha value is -1.70. The molecular formula is C4H4N4O. The van der Waals surface area contributed by atoms with Crippen LogP contribution in [0.25, 0.3) is 0 Å². The van der Waals surface area contributed by atoms with Gasteiger partial charge in [0.15, 0.2) is 0 Å². The maximum absolute atomic E-state index is 8.22. The van der Waals surface area contributed by atoms with Crippen LogP contribution in [0.4, 0.5) is 11.9 Å². The summed E-state index contributed by atoms with van der Waals surface area (Å²) in [6.45, 7) is 0. The van der Waals surface area contributed by atoms with Crippen molar-refractivity contribution in [3.05, 3.63) is 5.69 Å². The molecule has 0 atom stereocenters. The van der Waals surface area contributed by atoms with Crippen molar-refractivity contribution in [2.45, 2.75) is 0 Å². The second-order valence-electron chi connectivity index (χ2n) is 1.38. The van der Waals surface area contributed by atoms with Crippen LogP contribution in [0.2, 0.25) is 0 Å². The van der Waals surface area contributed by atoms with Gasteiger partial charge in [-0.25, -0.2) is 0 Å². The highest BCUT2D eigenvalue weighted by atomic mass is 16.4. The van der Waals surface area contributed by atoms with Crippen molar-refractivity contribution in [1.29, 1.82) is 5.26 Å². The number of anilines is 2. The first-order valence-electron chi connectivity index (χ1n) is 2.16. The highest BCUT2D eigenvalue weighted by molar-refractivity contribution is 5.43. The SMILES string of the molecule is N#Cc1nc(N)oc1N. The molecule has 0 saturated carbocycles. The fourth-order valence-electron chi connectivity index (χ4n) is 0.429. The quantitative estimate of drug-likeness (QED) is 0.494. The molecule has 0 saturated heterocycles. The number of nitriles is 1. The second kappa shape index (κ2) is 1.67. The van der Waals surface area contributed by atoms with Gasteiger partial charge in [-0.15, -0.1) is 0 Å². The fraction of sp³-hybridized carbons (Fsp3) is 0. The third kappa shape index (κ3) is 0.770. The molecule has 0 aliphatic rings. The Kier molecular flexibility index (Phi) is 1.01. The van der Waals surface area contributed by atoms with Crippen molar-refractivity contribution in [2.24, 2.45) is 0 Å². The summed E-state index contributed by atoms with van der Waals surface area (Å²) in [4.78, 5) is 3.45. The second-order valence-corrected chi connectivity index (χ2v) is 1.38. The Morgan fingerprint density at radius 1 is 1.56 bits per heavy atom. The van der Waals surface area contributed by atoms with Gasteiger partial charge < -0.3 is 15.9 Å². The van der Waals surface area contributed by atoms with Gasteiger partial charge in [0.05, 0.1) is 0 Å². The summed E-state index contributed by atoms with van der Waals surface area (Å²) in [5, 5.41) is 8.22. The van der Waals surface area contributed by atoms with Gasteiger partial charge >= 0.3 is 0 Å². The van der Waals surface area contributed by atoms with Crippen LogP contribution in [0.3, 0.4) is 0 Å². The lowest BCUT2D eigenvalue weighted by Crippen LogP contribution is -1.84. The topological polar surface area (TPSA) is 102 Å². The molecule has 0 aliphatic heterocycles. The average molecular weight is 124 g/mol. The molecule has 0 radical (unpaired) electrons. The summed E-state index contributed by atoms with van der Waals surface area (Å²) < 4.78 is 4.53. The first kappa shape index (κ1) is 5.44. The highest BCUT2D eigenvalue weighted by Crippen LogP contribution is 2.11. The molecule has 0 aliphatic carbocycles. The minimum absolute atomic E-state index is 0.0324. The summed E-state index contributed by atoms with van der Waals surface area (Å²) in [7, 11) is 0. The molecule has 9 heavy (non-hydrogen) atoms. The van der Waals surface area contributed by atoms with Gasteiger partial charge in [-0.1, -0.05) is 0 Å². The van der Waals surface area contributed by atoms with E-state index in [-0.39, 0.29) is 17.6 Å². The summed E-state index contributed by atoms with van der Waals surface area (Å²) >= 11 is 0. The maximum Gasteiger partial charge on any atom is 0.295 e. The minimum Gasteiger partial charge on any atom is -0.406 e. The third-order valence-electron chi connectivity index (χ3n) is 0.776. The molecular weight excluding hydrogens is 120 g/mol. The Morgan fingerprint density at radius 2 is 2.22 bits per heavy atom. The lowest BCUT2D eigenvalue weighted by Gasteiger charge is -1.76. The van der Waals surface area contributed by atoms with E-state index >= 15 is 0 Å². The number of hydrogen-bond donors (Lipinski definition) is 2. The summed E-state index contributed by atoms with van der Waals surface area (Å²) in [5.41, 5.74) is 10.2. The van der Waals surface area contributed by atoms with Gasteiger partial charge in [-0.2, -0.15) is 10.2 Å². The van der Waals surface area contributed by atoms with E-state index in [2.05, 4.69) is 9.40 Å². The first-order valence-corrected chi connectivity index (χ1v) is 2.16. The zero-order valence-corrected chi connectivity index (χ0v) is 4.46. The van der Waals surface area contributed by atoms with Gasteiger partial charge in [0.1, 0.15) is 6.07 Å². The summed E-state index contributed by atoms with van der Waals surface area (Å²) in [6, 6.07) is 1.63. The van der Waals surface area contributed by atoms with Crippen LogP contribution < -0.4 is 11.5 Å². The molecule has 0 unspecified atom stereocenters. The molecule has 4 N–H and O–H groups in total. The molecule has 46 valence electrons. The van der Waals surface area contributed by atoms with E-state index in [1.165, 1.54) is 0 Å². The van der Waals surface area contributed by atoms with Crippen LogP contribution in [-0.4, -0.2) is 4.98 Å². The van der Waals surface area contributed by atoms with E-state index in [1.54, 1.807) is 6.07 Å². The number of aromatic nitrogens is 1. The number of nitrogens with zero attached hydrogens (tertiary/aromatic N) is 2. The van der Waals surface area contributed by atoms with E-state index in [0.29, 0.717) is 0 Å². The zero-order chi connectivity index (χ0) is 6.85. The lowest BCUT2D eigenvalue weighted by molar-refractivity contribution is 0.600. The standard InChI is InChI=1S/C4H4N4O/c5-1-2-3(6)9-4(7)8-2/h6H2,(H2,7,8). The Morgan fingerprint density at radius 3 is 2.44 bits per heavy atom. The number of rotatable bonds is 0. The first-order chi connectivity index (χ1) is 4.24. The van der Waals surface area contributed by atoms with Crippen molar-refractivity contribution in [2.75, 3.05) is 11.5 Å². The molecule has 0 spiro atoms. The molecule has 0 amide bonds. The van der Waals surface area contributed by atoms with Crippen molar-refractivity contribution < 1.29 is 4.42 Å². The molecule has 1 rings (SSSR count). The van der Waals surface area contributed by atoms with Crippen LogP contribution in [0.15, 0.2) is 4.42 Å². The van der Waals surface area contributed by atoms with Crippen LogP contribution in [-0.2, 0) is 0 Å². The normalized spacial score (nSPS) is 8.78. The van der Waals surface area contributed by atoms with Crippen molar-refractivity contribution in [1.82, 2.24) is 4.98 Å². The van der Waals surface area contributed by atoms with E-state index in [9.17, 15) is 0 Å². The highest BCUT2D eigenvalue weighted by Gasteiger charge is 2.04. The van der Waals surface area contributed by atoms with E-state index in [1.807, 2.05) is 0 Å². The van der Waals surface area contributed by atoms with Crippen LogP contribution >= 0.6 is 0 Å². The number of nitrogens with two attached hydrogens (primary N) is 2. The molecule has 5 heteroatoms. The number of oxazole rings is 1. The van der Waals surface area contributed by atoms with Crippen molar-refractivity contribution >= 4 is 11.9 Å². The van der Waals surface area contributed by atoms with Crippen LogP contribution in [0.1, 0.15) is 5.69 Å². The smallest absolute Gasteiger partial charge is 0.295 e. The monoisotopic (exact) mass is 124 g/mol. The third-order valence-corrected chi connectivity index (χ3v) is 0.776. The molecule has 0 aromatic carbocycles. The average Bonchev–Trinajstić information content (AvgIpc) is 2.10. The van der Waals surface area contributed by atoms with Crippen molar-refractivity contribution in [3.8, 4) is 6.07 Å². The molecule has 0 fully saturated rings. The van der Waals surface area contributed by atoms with E-state index < -0.39 is 0 Å². The van der Waals surface area contributed by atoms with Gasteiger partial charge in [0, 0.05) is 0 Å². The fourth-order valence-corrected chi connectivity index (χ4v) is 0.429. The Labute approximate surface area is 50.9 Å². The Balaban J connectivity index is 3.20. The molecule has 1 aromatic heterocycles. The number of hydrogen-bond acceptors (Lipinski definition) is 5. The van der Waals surface area contributed by atoms with Crippen molar-refractivity contribution in [3.63, 3.8) is 0 Å². The molecule has 1 aromatic rings. The predicted molar refractivity (Wildman–Crippen MR) is 30.0 cm³/mol. The molecule has 0 bridgehead atoms. The summed E-state index contributed by atoms with van der Waals surface area (Å²) in [6.07, 6.45) is 0. The van der Waals surface area contributed by atoms with E-state index in [4.69, 9.17) is 16.7 Å². The molecule has 5 nitrogen and oxygen atoms in total. The minimum atomic E-state index is -0.0796. The van der Waals surface area contributed by atoms with E-state index in [0.717, 1.165) is 0 Å².